The van der Waals surface area contributed by atoms with Crippen molar-refractivity contribution in [3.63, 3.8) is 0 Å². The standard InChI is InChI=1S/C20H22N4O4S2/c1-2-14-3-5-15(6-4-14)17-12-19(28-23-17)22-20(25)18-11-16(13-21-18)30(26,27)24-7-9-29-10-8-24/h3-6,11-13,21H,2,7-10H2,1H3,(H,22,25). The van der Waals surface area contributed by atoms with E-state index >= 15 is 0 Å². The molecule has 1 aliphatic rings. The number of hydrogen-bond donors (Lipinski definition) is 2. The van der Waals surface area contributed by atoms with Gasteiger partial charge < -0.3 is 9.51 Å². The third kappa shape index (κ3) is 4.30. The molecule has 10 heteroatoms. The van der Waals surface area contributed by atoms with Crippen LogP contribution >= 0.6 is 11.8 Å². The van der Waals surface area contributed by atoms with E-state index in [9.17, 15) is 13.2 Å². The molecule has 2 aromatic heterocycles. The Bertz CT molecular complexity index is 1130. The van der Waals surface area contributed by atoms with E-state index in [1.54, 1.807) is 17.8 Å². The summed E-state index contributed by atoms with van der Waals surface area (Å²) in [7, 11) is -3.61. The topological polar surface area (TPSA) is 108 Å². The van der Waals surface area contributed by atoms with E-state index in [2.05, 4.69) is 22.4 Å². The van der Waals surface area contributed by atoms with Gasteiger partial charge in [-0.15, -0.1) is 0 Å². The SMILES string of the molecule is CCc1ccc(-c2cc(NC(=O)c3cc(S(=O)(=O)N4CCSCC4)c[nH]3)on2)cc1. The van der Waals surface area contributed by atoms with Gasteiger partial charge in [-0.3, -0.25) is 10.1 Å². The number of anilines is 1. The van der Waals surface area contributed by atoms with E-state index in [1.807, 2.05) is 24.3 Å². The number of sulfonamides is 1. The highest BCUT2D eigenvalue weighted by Crippen LogP contribution is 2.24. The van der Waals surface area contributed by atoms with Crippen LogP contribution in [-0.4, -0.2) is 53.4 Å². The Hall–Kier alpha value is -2.56. The molecule has 8 nitrogen and oxygen atoms in total. The van der Waals surface area contributed by atoms with E-state index in [-0.39, 0.29) is 16.5 Å². The fraction of sp³-hybridized carbons (Fsp3) is 0.300. The minimum atomic E-state index is -3.61. The molecule has 0 atom stereocenters. The zero-order valence-electron chi connectivity index (χ0n) is 16.4. The Balaban J connectivity index is 1.45. The van der Waals surface area contributed by atoms with E-state index in [4.69, 9.17) is 4.52 Å². The molecule has 1 aromatic carbocycles. The molecule has 0 unspecified atom stereocenters. The third-order valence-corrected chi connectivity index (χ3v) is 7.73. The molecule has 0 radical (unpaired) electrons. The van der Waals surface area contributed by atoms with Crippen LogP contribution in [0.3, 0.4) is 0 Å². The van der Waals surface area contributed by atoms with Gasteiger partial charge in [0.2, 0.25) is 15.9 Å². The van der Waals surface area contributed by atoms with Gasteiger partial charge in [0.15, 0.2) is 0 Å². The maximum absolute atomic E-state index is 12.7. The van der Waals surface area contributed by atoms with Crippen LogP contribution in [0.1, 0.15) is 23.0 Å². The van der Waals surface area contributed by atoms with E-state index in [0.29, 0.717) is 18.8 Å². The normalized spacial score (nSPS) is 15.2. The van der Waals surface area contributed by atoms with Crippen molar-refractivity contribution in [2.75, 3.05) is 29.9 Å². The maximum atomic E-state index is 12.7. The molecule has 3 heterocycles. The first-order valence-corrected chi connectivity index (χ1v) is 12.2. The van der Waals surface area contributed by atoms with Gasteiger partial charge in [0.25, 0.3) is 5.91 Å². The fourth-order valence-corrected chi connectivity index (χ4v) is 5.72. The van der Waals surface area contributed by atoms with Crippen molar-refractivity contribution in [2.45, 2.75) is 18.2 Å². The molecule has 1 saturated heterocycles. The van der Waals surface area contributed by atoms with Crippen molar-refractivity contribution in [3.05, 3.63) is 53.9 Å². The molecule has 30 heavy (non-hydrogen) atoms. The molecule has 4 rings (SSSR count). The largest absolute Gasteiger partial charge is 0.356 e. The fourth-order valence-electron chi connectivity index (χ4n) is 3.15. The van der Waals surface area contributed by atoms with E-state index < -0.39 is 15.9 Å². The lowest BCUT2D eigenvalue weighted by molar-refractivity contribution is 0.101. The van der Waals surface area contributed by atoms with Gasteiger partial charge in [-0.05, 0) is 18.1 Å². The lowest BCUT2D eigenvalue weighted by atomic mass is 10.1. The van der Waals surface area contributed by atoms with Gasteiger partial charge in [0, 0.05) is 42.4 Å². The van der Waals surface area contributed by atoms with Crippen molar-refractivity contribution in [3.8, 4) is 11.3 Å². The highest BCUT2D eigenvalue weighted by atomic mass is 32.2. The molecule has 2 N–H and O–H groups in total. The summed E-state index contributed by atoms with van der Waals surface area (Å²) in [5, 5.41) is 6.59. The van der Waals surface area contributed by atoms with Gasteiger partial charge >= 0.3 is 0 Å². The molecule has 1 aliphatic heterocycles. The maximum Gasteiger partial charge on any atom is 0.274 e. The van der Waals surface area contributed by atoms with Crippen LogP contribution in [0.4, 0.5) is 5.88 Å². The lowest BCUT2D eigenvalue weighted by Gasteiger charge is -2.24. The number of hydrogen-bond acceptors (Lipinski definition) is 6. The Morgan fingerprint density at radius 3 is 2.67 bits per heavy atom. The van der Waals surface area contributed by atoms with Crippen molar-refractivity contribution in [1.82, 2.24) is 14.4 Å². The number of aromatic nitrogens is 2. The number of nitrogens with zero attached hydrogens (tertiary/aromatic N) is 2. The first-order valence-electron chi connectivity index (χ1n) is 9.61. The molecule has 3 aromatic rings. The average molecular weight is 447 g/mol. The summed E-state index contributed by atoms with van der Waals surface area (Å²) < 4.78 is 32.1. The number of nitrogens with one attached hydrogen (secondary N) is 2. The van der Waals surface area contributed by atoms with Crippen LogP contribution in [0, 0.1) is 0 Å². The highest BCUT2D eigenvalue weighted by Gasteiger charge is 2.28. The van der Waals surface area contributed by atoms with Gasteiger partial charge in [-0.25, -0.2) is 8.42 Å². The average Bonchev–Trinajstić information content (AvgIpc) is 3.45. The Labute approximate surface area is 179 Å². The summed E-state index contributed by atoms with van der Waals surface area (Å²) in [5.41, 5.74) is 2.83. The molecule has 158 valence electrons. The van der Waals surface area contributed by atoms with Crippen LogP contribution in [0.5, 0.6) is 0 Å². The van der Waals surface area contributed by atoms with Gasteiger partial charge in [-0.1, -0.05) is 36.3 Å². The predicted octanol–water partition coefficient (Wildman–Crippen LogP) is 3.22. The van der Waals surface area contributed by atoms with Crippen LogP contribution in [0.25, 0.3) is 11.3 Å². The monoisotopic (exact) mass is 446 g/mol. The van der Waals surface area contributed by atoms with Gasteiger partial charge in [0.1, 0.15) is 16.3 Å². The first kappa shape index (κ1) is 20.7. The number of aromatic amines is 1. The summed E-state index contributed by atoms with van der Waals surface area (Å²) in [5.74, 6) is 1.22. The summed E-state index contributed by atoms with van der Waals surface area (Å²) in [4.78, 5) is 15.3. The van der Waals surface area contributed by atoms with Crippen LogP contribution in [0.15, 0.2) is 52.0 Å². The molecule has 1 amide bonds. The van der Waals surface area contributed by atoms with Crippen molar-refractivity contribution < 1.29 is 17.7 Å². The second-order valence-electron chi connectivity index (χ2n) is 6.85. The number of amides is 1. The van der Waals surface area contributed by atoms with Crippen molar-refractivity contribution in [1.29, 1.82) is 0 Å². The number of H-pyrrole nitrogens is 1. The quantitative estimate of drug-likeness (QED) is 0.602. The van der Waals surface area contributed by atoms with Crippen LogP contribution < -0.4 is 5.32 Å². The Kier molecular flexibility index (Phi) is 5.98. The summed E-state index contributed by atoms with van der Waals surface area (Å²) in [6.07, 6.45) is 2.29. The second kappa shape index (κ2) is 8.66. The number of rotatable bonds is 6. The molecule has 0 aliphatic carbocycles. The summed E-state index contributed by atoms with van der Waals surface area (Å²) in [6.45, 7) is 3.03. The Morgan fingerprint density at radius 1 is 1.23 bits per heavy atom. The molecule has 0 spiro atoms. The minimum absolute atomic E-state index is 0.0776. The number of carbonyl (C=O) groups excluding carboxylic acids is 1. The Morgan fingerprint density at radius 2 is 1.97 bits per heavy atom. The van der Waals surface area contributed by atoms with Crippen molar-refractivity contribution >= 4 is 33.6 Å². The molecular weight excluding hydrogens is 424 g/mol. The van der Waals surface area contributed by atoms with Gasteiger partial charge in [0.05, 0.1) is 0 Å². The predicted molar refractivity (Wildman–Crippen MR) is 116 cm³/mol. The van der Waals surface area contributed by atoms with Crippen LogP contribution in [-0.2, 0) is 16.4 Å². The number of benzene rings is 1. The van der Waals surface area contributed by atoms with E-state index in [0.717, 1.165) is 23.5 Å². The highest BCUT2D eigenvalue weighted by molar-refractivity contribution is 7.99. The molecular formula is C20H22N4O4S2. The second-order valence-corrected chi connectivity index (χ2v) is 10.0. The van der Waals surface area contributed by atoms with Crippen molar-refractivity contribution in [2.24, 2.45) is 0 Å². The zero-order chi connectivity index (χ0) is 21.1. The smallest absolute Gasteiger partial charge is 0.274 e. The number of thioether (sulfide) groups is 1. The lowest BCUT2D eigenvalue weighted by Crippen LogP contribution is -2.37. The number of aryl methyl sites for hydroxylation is 1. The summed E-state index contributed by atoms with van der Waals surface area (Å²) >= 11 is 1.73. The molecule has 0 bridgehead atoms. The number of carbonyl (C=O) groups is 1. The minimum Gasteiger partial charge on any atom is -0.356 e. The van der Waals surface area contributed by atoms with E-state index in [1.165, 1.54) is 22.1 Å². The van der Waals surface area contributed by atoms with Gasteiger partial charge in [-0.2, -0.15) is 16.1 Å². The zero-order valence-corrected chi connectivity index (χ0v) is 18.1. The summed E-state index contributed by atoms with van der Waals surface area (Å²) in [6, 6.07) is 10.9. The molecule has 0 saturated carbocycles. The first-order chi connectivity index (χ1) is 14.5. The molecule has 1 fully saturated rings. The third-order valence-electron chi connectivity index (χ3n) is 4.91. The van der Waals surface area contributed by atoms with Crippen LogP contribution in [0.2, 0.25) is 0 Å².